The van der Waals surface area contributed by atoms with Crippen LogP contribution in [0.15, 0.2) is 73.2 Å². The van der Waals surface area contributed by atoms with Crippen molar-refractivity contribution in [2.24, 2.45) is 7.05 Å². The third-order valence-corrected chi connectivity index (χ3v) is 6.24. The number of rotatable bonds is 4. The van der Waals surface area contributed by atoms with Crippen molar-refractivity contribution in [2.75, 3.05) is 5.73 Å². The van der Waals surface area contributed by atoms with Gasteiger partial charge in [0.15, 0.2) is 0 Å². The second-order valence-corrected chi connectivity index (χ2v) is 8.68. The molecule has 0 bridgehead atoms. The lowest BCUT2D eigenvalue weighted by Gasteiger charge is -2.20. The lowest BCUT2D eigenvalue weighted by Crippen LogP contribution is -2.03. The Hall–Kier alpha value is -3.38. The number of imidazole rings is 1. The molecule has 5 rings (SSSR count). The molecule has 0 atom stereocenters. The minimum atomic E-state index is -0.131. The number of hydrogen-bond donors (Lipinski definition) is 2. The van der Waals surface area contributed by atoms with Crippen molar-refractivity contribution in [1.82, 2.24) is 14.5 Å². The summed E-state index contributed by atoms with van der Waals surface area (Å²) < 4.78 is 1.91. The van der Waals surface area contributed by atoms with Crippen LogP contribution in [0.25, 0.3) is 44.4 Å². The van der Waals surface area contributed by atoms with Crippen LogP contribution in [0.1, 0.15) is 5.56 Å². The van der Waals surface area contributed by atoms with Gasteiger partial charge in [0.25, 0.3) is 0 Å². The molecule has 3 aromatic carbocycles. The highest BCUT2D eigenvalue weighted by Crippen LogP contribution is 2.45. The number of nitrogen functional groups attached to an aromatic ring is 1. The van der Waals surface area contributed by atoms with Crippen LogP contribution in [0.5, 0.6) is 0 Å². The number of aryl methyl sites for hydroxylation is 1. The molecule has 0 aliphatic heterocycles. The third kappa shape index (κ3) is 3.74. The molecule has 5 aromatic rings. The van der Waals surface area contributed by atoms with Gasteiger partial charge in [0.2, 0.25) is 0 Å². The number of aromatic nitrogens is 3. The molecule has 0 fully saturated rings. The Morgan fingerprint density at radius 1 is 0.909 bits per heavy atom. The van der Waals surface area contributed by atoms with E-state index in [2.05, 4.69) is 4.98 Å². The first-order valence-electron chi connectivity index (χ1n) is 10.3. The van der Waals surface area contributed by atoms with Crippen molar-refractivity contribution in [2.45, 2.75) is 6.61 Å². The molecule has 3 N–H and O–H groups in total. The summed E-state index contributed by atoms with van der Waals surface area (Å²) >= 11 is 12.6. The lowest BCUT2D eigenvalue weighted by molar-refractivity contribution is 0.282. The van der Waals surface area contributed by atoms with Crippen LogP contribution in [-0.4, -0.2) is 19.6 Å². The third-order valence-electron chi connectivity index (χ3n) is 5.76. The van der Waals surface area contributed by atoms with E-state index in [-0.39, 0.29) is 6.61 Å². The van der Waals surface area contributed by atoms with Crippen molar-refractivity contribution in [1.29, 1.82) is 0 Å². The molecule has 0 spiro atoms. The van der Waals surface area contributed by atoms with Crippen LogP contribution in [0, 0.1) is 0 Å². The van der Waals surface area contributed by atoms with Crippen LogP contribution >= 0.6 is 23.2 Å². The van der Waals surface area contributed by atoms with E-state index >= 15 is 0 Å². The minimum Gasteiger partial charge on any atom is -0.392 e. The topological polar surface area (TPSA) is 77.0 Å². The van der Waals surface area contributed by atoms with Gasteiger partial charge in [-0.2, -0.15) is 0 Å². The highest BCUT2D eigenvalue weighted by atomic mass is 35.5. The van der Waals surface area contributed by atoms with Crippen molar-refractivity contribution < 1.29 is 5.11 Å². The summed E-state index contributed by atoms with van der Waals surface area (Å²) in [6.45, 7) is -0.131. The number of nitrogens with two attached hydrogens (primary N) is 1. The van der Waals surface area contributed by atoms with Crippen molar-refractivity contribution >= 4 is 39.9 Å². The zero-order valence-electron chi connectivity index (χ0n) is 17.8. The normalized spacial score (nSPS) is 11.3. The summed E-state index contributed by atoms with van der Waals surface area (Å²) in [6, 6.07) is 19.0. The van der Waals surface area contributed by atoms with E-state index < -0.39 is 0 Å². The van der Waals surface area contributed by atoms with Crippen LogP contribution in [0.2, 0.25) is 10.0 Å². The van der Waals surface area contributed by atoms with E-state index in [0.717, 1.165) is 50.0 Å². The number of aliphatic hydroxyl groups excluding tert-OH is 1. The molecule has 33 heavy (non-hydrogen) atoms. The highest BCUT2D eigenvalue weighted by Gasteiger charge is 2.23. The fourth-order valence-corrected chi connectivity index (χ4v) is 4.60. The van der Waals surface area contributed by atoms with Crippen LogP contribution in [0.3, 0.4) is 0 Å². The summed E-state index contributed by atoms with van der Waals surface area (Å²) in [7, 11) is 1.91. The monoisotopic (exact) mass is 474 g/mol. The number of benzene rings is 3. The SMILES string of the molecule is Cn1cncc1-c1c(N)nc2ccc(CO)c(-c3ccc(Cl)cc3)c2c1-c1cccc(Cl)c1. The molecule has 0 amide bonds. The zero-order chi connectivity index (χ0) is 23.1. The van der Waals surface area contributed by atoms with Crippen LogP contribution < -0.4 is 5.73 Å². The second kappa shape index (κ2) is 8.52. The quantitative estimate of drug-likeness (QED) is 0.318. The number of hydrogen-bond acceptors (Lipinski definition) is 4. The van der Waals surface area contributed by atoms with Gasteiger partial charge in [0.1, 0.15) is 5.82 Å². The summed E-state index contributed by atoms with van der Waals surface area (Å²) in [5, 5.41) is 12.4. The summed E-state index contributed by atoms with van der Waals surface area (Å²) in [6.07, 6.45) is 3.50. The Bertz CT molecular complexity index is 1490. The Labute approximate surface area is 201 Å². The molecule has 7 heteroatoms. The Kier molecular flexibility index (Phi) is 5.54. The second-order valence-electron chi connectivity index (χ2n) is 7.81. The first-order valence-corrected chi connectivity index (χ1v) is 11.1. The largest absolute Gasteiger partial charge is 0.392 e. The smallest absolute Gasteiger partial charge is 0.134 e. The van der Waals surface area contributed by atoms with Gasteiger partial charge >= 0.3 is 0 Å². The molecule has 2 aromatic heterocycles. The maximum atomic E-state index is 10.2. The molecular formula is C26H20Cl2N4O. The van der Waals surface area contributed by atoms with E-state index in [1.807, 2.05) is 72.3 Å². The molecule has 0 unspecified atom stereocenters. The lowest BCUT2D eigenvalue weighted by atomic mass is 9.87. The van der Waals surface area contributed by atoms with Crippen molar-refractivity contribution in [3.05, 3.63) is 88.8 Å². The molecular weight excluding hydrogens is 455 g/mol. The van der Waals surface area contributed by atoms with Gasteiger partial charge in [0.05, 0.1) is 35.9 Å². The molecule has 5 nitrogen and oxygen atoms in total. The first kappa shape index (κ1) is 21.5. The molecule has 0 aliphatic carbocycles. The first-order chi connectivity index (χ1) is 16.0. The molecule has 0 radical (unpaired) electrons. The maximum Gasteiger partial charge on any atom is 0.134 e. The summed E-state index contributed by atoms with van der Waals surface area (Å²) in [5.41, 5.74) is 13.2. The van der Waals surface area contributed by atoms with Gasteiger partial charge in [-0.25, -0.2) is 9.97 Å². The molecule has 0 aliphatic rings. The van der Waals surface area contributed by atoms with Crippen molar-refractivity contribution in [3.63, 3.8) is 0 Å². The minimum absolute atomic E-state index is 0.131. The van der Waals surface area contributed by atoms with Gasteiger partial charge in [-0.1, -0.05) is 53.5 Å². The van der Waals surface area contributed by atoms with Gasteiger partial charge in [-0.3, -0.25) is 0 Å². The summed E-state index contributed by atoms with van der Waals surface area (Å²) in [5.74, 6) is 0.389. The number of nitrogens with zero attached hydrogens (tertiary/aromatic N) is 3. The molecule has 2 heterocycles. The average molecular weight is 475 g/mol. The molecule has 164 valence electrons. The van der Waals surface area contributed by atoms with E-state index in [0.29, 0.717) is 15.9 Å². The molecule has 0 saturated heterocycles. The Morgan fingerprint density at radius 3 is 2.36 bits per heavy atom. The van der Waals surface area contributed by atoms with Crippen LogP contribution in [-0.2, 0) is 13.7 Å². The average Bonchev–Trinajstić information content (AvgIpc) is 3.23. The summed E-state index contributed by atoms with van der Waals surface area (Å²) in [4.78, 5) is 9.05. The fourth-order valence-electron chi connectivity index (χ4n) is 4.29. The number of pyridine rings is 1. The predicted octanol–water partition coefficient (Wildman–Crippen LogP) is 6.35. The number of aliphatic hydroxyl groups is 1. The van der Waals surface area contributed by atoms with Gasteiger partial charge < -0.3 is 15.4 Å². The van der Waals surface area contributed by atoms with Gasteiger partial charge in [-0.05, 0) is 52.6 Å². The predicted molar refractivity (Wildman–Crippen MR) is 135 cm³/mol. The van der Waals surface area contributed by atoms with E-state index in [9.17, 15) is 5.11 Å². The Balaban J connectivity index is 2.02. The standard InChI is InChI=1S/C26H20Cl2N4O/c1-32-14-30-12-21(32)25-23(16-3-2-4-19(28)11-16)24-20(31-26(25)29)10-7-17(13-33)22(24)15-5-8-18(27)9-6-15/h2-12,14,33H,13H2,1H3,(H2,29,31). The van der Waals surface area contributed by atoms with E-state index in [4.69, 9.17) is 33.9 Å². The number of halogens is 2. The molecule has 0 saturated carbocycles. The van der Waals surface area contributed by atoms with Gasteiger partial charge in [0, 0.05) is 28.0 Å². The van der Waals surface area contributed by atoms with Crippen molar-refractivity contribution in [3.8, 4) is 33.5 Å². The van der Waals surface area contributed by atoms with E-state index in [1.165, 1.54) is 0 Å². The number of anilines is 1. The number of fused-ring (bicyclic) bond motifs is 1. The van der Waals surface area contributed by atoms with E-state index in [1.54, 1.807) is 12.5 Å². The zero-order valence-corrected chi connectivity index (χ0v) is 19.3. The van der Waals surface area contributed by atoms with Crippen LogP contribution in [0.4, 0.5) is 5.82 Å². The Morgan fingerprint density at radius 2 is 1.70 bits per heavy atom. The fraction of sp³-hybridized carbons (Fsp3) is 0.0769. The highest BCUT2D eigenvalue weighted by molar-refractivity contribution is 6.31. The van der Waals surface area contributed by atoms with Gasteiger partial charge in [-0.15, -0.1) is 0 Å². The maximum absolute atomic E-state index is 10.2.